The van der Waals surface area contributed by atoms with E-state index in [2.05, 4.69) is 17.1 Å². The average molecular weight is 305 g/mol. The molecule has 5 nitrogen and oxygen atoms in total. The average Bonchev–Trinajstić information content (AvgIpc) is 3.05. The molecule has 0 aliphatic carbocycles. The van der Waals surface area contributed by atoms with Gasteiger partial charge < -0.3 is 9.42 Å². The zero-order valence-electron chi connectivity index (χ0n) is 12.5. The summed E-state index contributed by atoms with van der Waals surface area (Å²) in [5.74, 6) is 1.59. The number of carbonyl (C=O) groups excluding carboxylic acids is 1. The highest BCUT2D eigenvalue weighted by Crippen LogP contribution is 2.28. The van der Waals surface area contributed by atoms with Gasteiger partial charge in [-0.05, 0) is 45.2 Å². The molecule has 112 valence electrons. The van der Waals surface area contributed by atoms with E-state index >= 15 is 0 Å². The van der Waals surface area contributed by atoms with Crippen LogP contribution in [-0.4, -0.2) is 34.0 Å². The van der Waals surface area contributed by atoms with Gasteiger partial charge in [0.1, 0.15) is 0 Å². The number of piperidine rings is 1. The summed E-state index contributed by atoms with van der Waals surface area (Å²) in [4.78, 5) is 20.9. The number of hydrogen-bond acceptors (Lipinski definition) is 5. The number of nitrogens with zero attached hydrogens (tertiary/aromatic N) is 3. The van der Waals surface area contributed by atoms with Crippen LogP contribution in [0.4, 0.5) is 0 Å². The van der Waals surface area contributed by atoms with Crippen LogP contribution in [0.2, 0.25) is 0 Å². The van der Waals surface area contributed by atoms with Crippen molar-refractivity contribution >= 4 is 17.2 Å². The van der Waals surface area contributed by atoms with Gasteiger partial charge in [-0.25, -0.2) is 0 Å². The summed E-state index contributed by atoms with van der Waals surface area (Å²) in [7, 11) is 0. The predicted octanol–water partition coefficient (Wildman–Crippen LogP) is 3.08. The van der Waals surface area contributed by atoms with Crippen molar-refractivity contribution in [1.82, 2.24) is 15.0 Å². The Morgan fingerprint density at radius 1 is 1.43 bits per heavy atom. The lowest BCUT2D eigenvalue weighted by atomic mass is 9.98. The van der Waals surface area contributed by atoms with E-state index in [4.69, 9.17) is 4.52 Å². The monoisotopic (exact) mass is 305 g/mol. The van der Waals surface area contributed by atoms with Crippen LogP contribution in [0.5, 0.6) is 0 Å². The number of amides is 1. The Kier molecular flexibility index (Phi) is 3.80. The molecule has 0 aromatic carbocycles. The highest BCUT2D eigenvalue weighted by Gasteiger charge is 2.29. The highest BCUT2D eigenvalue weighted by molar-refractivity contribution is 7.14. The molecule has 3 heterocycles. The Hall–Kier alpha value is -1.69. The largest absolute Gasteiger partial charge is 0.339 e. The van der Waals surface area contributed by atoms with E-state index in [0.717, 1.165) is 24.3 Å². The first-order valence-electron chi connectivity index (χ1n) is 7.21. The Morgan fingerprint density at radius 2 is 2.24 bits per heavy atom. The number of aromatic nitrogens is 2. The molecule has 0 spiro atoms. The quantitative estimate of drug-likeness (QED) is 0.855. The summed E-state index contributed by atoms with van der Waals surface area (Å²) in [6.07, 6.45) is 1.97. The summed E-state index contributed by atoms with van der Waals surface area (Å²) in [6, 6.07) is 1.99. The van der Waals surface area contributed by atoms with Gasteiger partial charge in [0.05, 0.1) is 10.8 Å². The molecule has 1 atom stereocenters. The molecule has 0 saturated carbocycles. The summed E-state index contributed by atoms with van der Waals surface area (Å²) in [5, 5.41) is 3.85. The maximum atomic E-state index is 12.6. The van der Waals surface area contributed by atoms with Crippen molar-refractivity contribution in [1.29, 1.82) is 0 Å². The number of rotatable bonds is 2. The normalized spacial score (nSPS) is 19.0. The van der Waals surface area contributed by atoms with Gasteiger partial charge in [-0.3, -0.25) is 4.79 Å². The van der Waals surface area contributed by atoms with Crippen LogP contribution in [0, 0.1) is 20.8 Å². The van der Waals surface area contributed by atoms with Gasteiger partial charge in [0.2, 0.25) is 5.89 Å². The maximum absolute atomic E-state index is 12.6. The second-order valence-electron chi connectivity index (χ2n) is 5.62. The molecule has 1 fully saturated rings. The van der Waals surface area contributed by atoms with Crippen LogP contribution >= 0.6 is 11.3 Å². The second-order valence-corrected chi connectivity index (χ2v) is 6.88. The standard InChI is InChI=1S/C15H19N3O2S/c1-9-7-13(21-10(9)2)15(19)18-6-4-5-12(8-18)14-16-11(3)17-20-14/h7,12H,4-6,8H2,1-3H3. The van der Waals surface area contributed by atoms with Crippen LogP contribution in [-0.2, 0) is 0 Å². The van der Waals surface area contributed by atoms with E-state index < -0.39 is 0 Å². The fraction of sp³-hybridized carbons (Fsp3) is 0.533. The summed E-state index contributed by atoms with van der Waals surface area (Å²) >= 11 is 1.57. The zero-order valence-corrected chi connectivity index (χ0v) is 13.4. The Balaban J connectivity index is 1.75. The number of thiophene rings is 1. The van der Waals surface area contributed by atoms with E-state index in [9.17, 15) is 4.79 Å². The Morgan fingerprint density at radius 3 is 2.86 bits per heavy atom. The topological polar surface area (TPSA) is 59.2 Å². The third-order valence-corrected chi connectivity index (χ3v) is 5.12. The van der Waals surface area contributed by atoms with E-state index in [-0.39, 0.29) is 11.8 Å². The molecular formula is C15H19N3O2S. The first-order valence-corrected chi connectivity index (χ1v) is 8.02. The van der Waals surface area contributed by atoms with Gasteiger partial charge in [-0.15, -0.1) is 11.3 Å². The molecule has 2 aromatic heterocycles. The molecule has 0 bridgehead atoms. The molecular weight excluding hydrogens is 286 g/mol. The van der Waals surface area contributed by atoms with Crippen molar-refractivity contribution in [3.63, 3.8) is 0 Å². The lowest BCUT2D eigenvalue weighted by molar-refractivity contribution is 0.0700. The fourth-order valence-electron chi connectivity index (χ4n) is 2.68. The van der Waals surface area contributed by atoms with Crippen molar-refractivity contribution in [2.24, 2.45) is 0 Å². The number of aryl methyl sites for hydroxylation is 3. The minimum atomic E-state index is 0.122. The van der Waals surface area contributed by atoms with Crippen molar-refractivity contribution in [2.45, 2.75) is 39.5 Å². The van der Waals surface area contributed by atoms with Crippen LogP contribution in [0.3, 0.4) is 0 Å². The molecule has 6 heteroatoms. The maximum Gasteiger partial charge on any atom is 0.263 e. The van der Waals surface area contributed by atoms with Gasteiger partial charge >= 0.3 is 0 Å². The first kappa shape index (κ1) is 14.3. The number of hydrogen-bond donors (Lipinski definition) is 0. The lowest BCUT2D eigenvalue weighted by Gasteiger charge is -2.30. The third-order valence-electron chi connectivity index (χ3n) is 3.98. The van der Waals surface area contributed by atoms with E-state index in [1.807, 2.05) is 24.8 Å². The molecule has 3 rings (SSSR count). The lowest BCUT2D eigenvalue weighted by Crippen LogP contribution is -2.38. The first-order chi connectivity index (χ1) is 10.0. The summed E-state index contributed by atoms with van der Waals surface area (Å²) < 4.78 is 5.26. The van der Waals surface area contributed by atoms with Gasteiger partial charge in [-0.2, -0.15) is 4.98 Å². The van der Waals surface area contributed by atoms with Gasteiger partial charge in [0.25, 0.3) is 5.91 Å². The molecule has 1 saturated heterocycles. The van der Waals surface area contributed by atoms with Crippen LogP contribution in [0.25, 0.3) is 0 Å². The molecule has 1 aliphatic heterocycles. The molecule has 2 aromatic rings. The second kappa shape index (κ2) is 5.60. The fourth-order valence-corrected chi connectivity index (χ4v) is 3.68. The van der Waals surface area contributed by atoms with Crippen molar-refractivity contribution in [2.75, 3.05) is 13.1 Å². The van der Waals surface area contributed by atoms with Crippen LogP contribution in [0.1, 0.15) is 50.6 Å². The van der Waals surface area contributed by atoms with E-state index in [0.29, 0.717) is 18.3 Å². The number of likely N-dealkylation sites (tertiary alicyclic amines) is 1. The van der Waals surface area contributed by atoms with Gasteiger partial charge in [0.15, 0.2) is 5.82 Å². The van der Waals surface area contributed by atoms with Gasteiger partial charge in [-0.1, -0.05) is 5.16 Å². The molecule has 1 unspecified atom stereocenters. The summed E-state index contributed by atoms with van der Waals surface area (Å²) in [5.41, 5.74) is 1.18. The third kappa shape index (κ3) is 2.85. The van der Waals surface area contributed by atoms with Crippen LogP contribution < -0.4 is 0 Å². The van der Waals surface area contributed by atoms with E-state index in [1.165, 1.54) is 10.4 Å². The minimum Gasteiger partial charge on any atom is -0.339 e. The molecule has 1 amide bonds. The van der Waals surface area contributed by atoms with Crippen molar-refractivity contribution < 1.29 is 9.32 Å². The Labute approximate surface area is 128 Å². The van der Waals surface area contributed by atoms with Crippen LogP contribution in [0.15, 0.2) is 10.6 Å². The van der Waals surface area contributed by atoms with Crippen molar-refractivity contribution in [3.05, 3.63) is 33.1 Å². The SMILES string of the molecule is Cc1noc(C2CCCN(C(=O)c3cc(C)c(C)s3)C2)n1. The summed E-state index contributed by atoms with van der Waals surface area (Å²) in [6.45, 7) is 7.38. The predicted molar refractivity (Wildman–Crippen MR) is 80.7 cm³/mol. The van der Waals surface area contributed by atoms with E-state index in [1.54, 1.807) is 11.3 Å². The number of carbonyl (C=O) groups is 1. The smallest absolute Gasteiger partial charge is 0.263 e. The Bertz CT molecular complexity index is 642. The molecule has 0 N–H and O–H groups in total. The minimum absolute atomic E-state index is 0.122. The molecule has 1 aliphatic rings. The zero-order chi connectivity index (χ0) is 15.0. The van der Waals surface area contributed by atoms with Gasteiger partial charge in [0, 0.05) is 18.0 Å². The highest BCUT2D eigenvalue weighted by atomic mass is 32.1. The van der Waals surface area contributed by atoms with Crippen molar-refractivity contribution in [3.8, 4) is 0 Å². The molecule has 0 radical (unpaired) electrons. The molecule has 21 heavy (non-hydrogen) atoms.